The zero-order chi connectivity index (χ0) is 14.2. The summed E-state index contributed by atoms with van der Waals surface area (Å²) in [5, 5.41) is 6.93. The molecule has 0 amide bonds. The van der Waals surface area contributed by atoms with Crippen LogP contribution in [0.5, 0.6) is 0 Å². The number of hydrogen-bond donors (Lipinski definition) is 1. The van der Waals surface area contributed by atoms with Crippen molar-refractivity contribution in [3.05, 3.63) is 34.7 Å². The Labute approximate surface area is 130 Å². The van der Waals surface area contributed by atoms with E-state index in [0.29, 0.717) is 6.04 Å². The molecule has 2 heterocycles. The van der Waals surface area contributed by atoms with Crippen molar-refractivity contribution in [3.63, 3.8) is 0 Å². The smallest absolute Gasteiger partial charge is 0.0901 e. The van der Waals surface area contributed by atoms with Gasteiger partial charge in [-0.15, -0.1) is 11.3 Å². The summed E-state index contributed by atoms with van der Waals surface area (Å²) in [6.07, 6.45) is 4.09. The topological polar surface area (TPSA) is 28.2 Å². The highest BCUT2D eigenvalue weighted by atomic mass is 32.1. The molecule has 1 aromatic heterocycles. The van der Waals surface area contributed by atoms with Gasteiger partial charge in [0, 0.05) is 41.8 Å². The minimum atomic E-state index is 0.609. The van der Waals surface area contributed by atoms with Crippen LogP contribution in [0.15, 0.2) is 29.6 Å². The zero-order valence-electron chi connectivity index (χ0n) is 12.4. The van der Waals surface area contributed by atoms with Crippen molar-refractivity contribution in [3.8, 4) is 11.3 Å². The summed E-state index contributed by atoms with van der Waals surface area (Å²) < 4.78 is 0. The fourth-order valence-corrected chi connectivity index (χ4v) is 3.77. The van der Waals surface area contributed by atoms with Gasteiger partial charge < -0.3 is 5.32 Å². The third kappa shape index (κ3) is 2.97. The number of rotatable bonds is 4. The molecule has 1 saturated carbocycles. The molecule has 1 saturated heterocycles. The van der Waals surface area contributed by atoms with Gasteiger partial charge in [-0.2, -0.15) is 0 Å². The molecular formula is C17H21N3S. The highest BCUT2D eigenvalue weighted by molar-refractivity contribution is 7.09. The van der Waals surface area contributed by atoms with E-state index in [2.05, 4.69) is 51.8 Å². The molecule has 2 fully saturated rings. The van der Waals surface area contributed by atoms with Crippen LogP contribution in [-0.4, -0.2) is 35.1 Å². The van der Waals surface area contributed by atoms with E-state index >= 15 is 0 Å². The minimum Gasteiger partial charge on any atom is -0.381 e. The van der Waals surface area contributed by atoms with Crippen molar-refractivity contribution in [2.24, 2.45) is 0 Å². The maximum Gasteiger partial charge on any atom is 0.0901 e. The summed E-state index contributed by atoms with van der Waals surface area (Å²) in [7, 11) is 0. The fourth-order valence-electron chi connectivity index (χ4n) is 3.15. The maximum atomic E-state index is 4.54. The molecule has 1 aromatic carbocycles. The number of likely N-dealkylation sites (tertiary alicyclic amines) is 1. The molecule has 0 radical (unpaired) electrons. The number of anilines is 1. The molecular weight excluding hydrogens is 278 g/mol. The van der Waals surface area contributed by atoms with Crippen LogP contribution in [0, 0.1) is 6.92 Å². The Morgan fingerprint density at radius 2 is 2.00 bits per heavy atom. The number of benzene rings is 1. The van der Waals surface area contributed by atoms with Crippen molar-refractivity contribution in [2.45, 2.75) is 38.3 Å². The number of aromatic nitrogens is 1. The fraction of sp³-hybridized carbons (Fsp3) is 0.471. The van der Waals surface area contributed by atoms with Gasteiger partial charge in [-0.1, -0.05) is 12.1 Å². The Morgan fingerprint density at radius 3 is 2.67 bits per heavy atom. The van der Waals surface area contributed by atoms with E-state index in [1.807, 2.05) is 0 Å². The highest BCUT2D eigenvalue weighted by Crippen LogP contribution is 2.31. The Balaban J connectivity index is 1.40. The van der Waals surface area contributed by atoms with Crippen molar-refractivity contribution in [1.82, 2.24) is 9.88 Å². The van der Waals surface area contributed by atoms with Crippen LogP contribution in [0.25, 0.3) is 11.3 Å². The average Bonchev–Trinajstić information content (AvgIpc) is 3.09. The first kappa shape index (κ1) is 13.3. The van der Waals surface area contributed by atoms with Gasteiger partial charge in [0.2, 0.25) is 0 Å². The van der Waals surface area contributed by atoms with Crippen molar-refractivity contribution in [1.29, 1.82) is 0 Å². The lowest BCUT2D eigenvalue weighted by Gasteiger charge is -2.16. The molecule has 2 aliphatic rings. The Morgan fingerprint density at radius 1 is 1.19 bits per heavy atom. The average molecular weight is 299 g/mol. The first-order valence-electron chi connectivity index (χ1n) is 7.81. The summed E-state index contributed by atoms with van der Waals surface area (Å²) in [6, 6.07) is 10.2. The first-order chi connectivity index (χ1) is 10.3. The number of nitrogens with one attached hydrogen (secondary N) is 1. The SMILES string of the molecule is Cc1nc(-c2ccc(NC3CCN(C4CC4)C3)cc2)cs1. The summed E-state index contributed by atoms with van der Waals surface area (Å²) in [5.41, 5.74) is 3.52. The summed E-state index contributed by atoms with van der Waals surface area (Å²) >= 11 is 1.71. The molecule has 21 heavy (non-hydrogen) atoms. The lowest BCUT2D eigenvalue weighted by atomic mass is 10.1. The molecule has 0 bridgehead atoms. The standard InChI is InChI=1S/C17H21N3S/c1-12-18-17(11-21-12)13-2-4-14(5-3-13)19-15-8-9-20(10-15)16-6-7-16/h2-5,11,15-16,19H,6-10H2,1H3. The number of aryl methyl sites for hydroxylation is 1. The monoisotopic (exact) mass is 299 g/mol. The lowest BCUT2D eigenvalue weighted by Crippen LogP contribution is -2.27. The van der Waals surface area contributed by atoms with Crippen LogP contribution in [0.1, 0.15) is 24.3 Å². The van der Waals surface area contributed by atoms with Crippen molar-refractivity contribution < 1.29 is 0 Å². The van der Waals surface area contributed by atoms with Crippen molar-refractivity contribution >= 4 is 17.0 Å². The van der Waals surface area contributed by atoms with Crippen LogP contribution in [-0.2, 0) is 0 Å². The Hall–Kier alpha value is -1.39. The third-order valence-corrected chi connectivity index (χ3v) is 5.23. The van der Waals surface area contributed by atoms with Crippen molar-refractivity contribution in [2.75, 3.05) is 18.4 Å². The van der Waals surface area contributed by atoms with Gasteiger partial charge in [-0.25, -0.2) is 4.98 Å². The van der Waals surface area contributed by atoms with E-state index in [9.17, 15) is 0 Å². The Kier molecular flexibility index (Phi) is 3.43. The van der Waals surface area contributed by atoms with E-state index in [0.717, 1.165) is 16.7 Å². The maximum absolute atomic E-state index is 4.54. The van der Waals surface area contributed by atoms with Gasteiger partial charge in [-0.05, 0) is 38.3 Å². The van der Waals surface area contributed by atoms with E-state index in [4.69, 9.17) is 0 Å². The predicted molar refractivity (Wildman–Crippen MR) is 88.9 cm³/mol. The molecule has 110 valence electrons. The van der Waals surface area contributed by atoms with Gasteiger partial charge in [0.1, 0.15) is 0 Å². The second-order valence-corrected chi connectivity index (χ2v) is 7.25. The van der Waals surface area contributed by atoms with Crippen LogP contribution in [0.3, 0.4) is 0 Å². The summed E-state index contributed by atoms with van der Waals surface area (Å²) in [5.74, 6) is 0. The number of thiazole rings is 1. The van der Waals surface area contributed by atoms with Gasteiger partial charge in [0.25, 0.3) is 0 Å². The number of nitrogens with zero attached hydrogens (tertiary/aromatic N) is 2. The number of hydrogen-bond acceptors (Lipinski definition) is 4. The minimum absolute atomic E-state index is 0.609. The summed E-state index contributed by atoms with van der Waals surface area (Å²) in [6.45, 7) is 4.52. The molecule has 1 atom stereocenters. The zero-order valence-corrected chi connectivity index (χ0v) is 13.2. The van der Waals surface area contributed by atoms with Gasteiger partial charge in [0.15, 0.2) is 0 Å². The molecule has 1 N–H and O–H groups in total. The highest BCUT2D eigenvalue weighted by Gasteiger charge is 2.34. The molecule has 1 aliphatic carbocycles. The Bertz CT molecular complexity index is 615. The van der Waals surface area contributed by atoms with Gasteiger partial charge >= 0.3 is 0 Å². The third-order valence-electron chi connectivity index (χ3n) is 4.45. The molecule has 3 nitrogen and oxygen atoms in total. The molecule has 4 rings (SSSR count). The van der Waals surface area contributed by atoms with Crippen LogP contribution < -0.4 is 5.32 Å². The second kappa shape index (κ2) is 5.43. The molecule has 1 unspecified atom stereocenters. The van der Waals surface area contributed by atoms with Gasteiger partial charge in [-0.3, -0.25) is 4.90 Å². The molecule has 2 aromatic rings. The predicted octanol–water partition coefficient (Wildman–Crippen LogP) is 3.77. The quantitative estimate of drug-likeness (QED) is 0.931. The van der Waals surface area contributed by atoms with E-state index in [1.54, 1.807) is 11.3 Å². The van der Waals surface area contributed by atoms with Gasteiger partial charge in [0.05, 0.1) is 10.7 Å². The molecule has 4 heteroatoms. The normalized spacial score (nSPS) is 22.6. The van der Waals surface area contributed by atoms with Crippen LogP contribution in [0.2, 0.25) is 0 Å². The second-order valence-electron chi connectivity index (χ2n) is 6.19. The lowest BCUT2D eigenvalue weighted by molar-refractivity contribution is 0.326. The van der Waals surface area contributed by atoms with Crippen LogP contribution >= 0.6 is 11.3 Å². The largest absolute Gasteiger partial charge is 0.381 e. The van der Waals surface area contributed by atoms with Crippen LogP contribution in [0.4, 0.5) is 5.69 Å². The van der Waals surface area contributed by atoms with E-state index < -0.39 is 0 Å². The van der Waals surface area contributed by atoms with E-state index in [1.165, 1.54) is 43.6 Å². The van der Waals surface area contributed by atoms with E-state index in [-0.39, 0.29) is 0 Å². The molecule has 1 aliphatic heterocycles. The first-order valence-corrected chi connectivity index (χ1v) is 8.69. The summed E-state index contributed by atoms with van der Waals surface area (Å²) in [4.78, 5) is 7.18. The molecule has 0 spiro atoms.